The normalized spacial score (nSPS) is 14.5. The Labute approximate surface area is 77.0 Å². The molecule has 0 amide bonds. The average Bonchev–Trinajstić information content (AvgIpc) is 2.30. The summed E-state index contributed by atoms with van der Waals surface area (Å²) in [4.78, 5) is 3.82. The quantitative estimate of drug-likeness (QED) is 0.764. The lowest BCUT2D eigenvalue weighted by Gasteiger charge is -2.20. The van der Waals surface area contributed by atoms with Crippen molar-refractivity contribution in [1.82, 2.24) is 14.8 Å². The van der Waals surface area contributed by atoms with E-state index >= 15 is 0 Å². The minimum absolute atomic E-state index is 0.250. The van der Waals surface area contributed by atoms with Gasteiger partial charge < -0.3 is 5.73 Å². The van der Waals surface area contributed by atoms with E-state index in [9.17, 15) is 4.39 Å². The summed E-state index contributed by atoms with van der Waals surface area (Å²) in [6, 6.07) is 0. The lowest BCUT2D eigenvalue weighted by molar-refractivity contribution is 0.249. The van der Waals surface area contributed by atoms with E-state index in [0.717, 1.165) is 0 Å². The van der Waals surface area contributed by atoms with Crippen molar-refractivity contribution >= 4 is 0 Å². The molecule has 1 aromatic heterocycles. The summed E-state index contributed by atoms with van der Waals surface area (Å²) in [5.41, 5.74) is 5.17. The number of halogens is 1. The number of alkyl halides is 1. The molecule has 0 spiro atoms. The molecule has 0 bridgehead atoms. The Morgan fingerprint density at radius 2 is 2.31 bits per heavy atom. The standard InChI is InChI=1S/C8H15FN4/c1-8(2,10)4-6(9)7-11-5-12-13(7)3/h5-6H,4,10H2,1-3H3. The van der Waals surface area contributed by atoms with Gasteiger partial charge >= 0.3 is 0 Å². The second kappa shape index (κ2) is 3.41. The van der Waals surface area contributed by atoms with Crippen molar-refractivity contribution in [2.24, 2.45) is 12.8 Å². The minimum Gasteiger partial charge on any atom is -0.325 e. The molecule has 0 saturated heterocycles. The lowest BCUT2D eigenvalue weighted by Crippen LogP contribution is -2.33. The number of rotatable bonds is 3. The second-order valence-corrected chi connectivity index (χ2v) is 3.90. The van der Waals surface area contributed by atoms with Crippen LogP contribution in [0.5, 0.6) is 0 Å². The van der Waals surface area contributed by atoms with Gasteiger partial charge in [0.2, 0.25) is 0 Å². The van der Waals surface area contributed by atoms with E-state index in [0.29, 0.717) is 5.82 Å². The van der Waals surface area contributed by atoms with E-state index in [-0.39, 0.29) is 6.42 Å². The molecule has 0 fully saturated rings. The smallest absolute Gasteiger partial charge is 0.161 e. The van der Waals surface area contributed by atoms with Crippen LogP contribution in [0.15, 0.2) is 6.33 Å². The lowest BCUT2D eigenvalue weighted by atomic mass is 9.99. The van der Waals surface area contributed by atoms with Crippen molar-refractivity contribution in [2.75, 3.05) is 0 Å². The summed E-state index contributed by atoms with van der Waals surface area (Å²) >= 11 is 0. The van der Waals surface area contributed by atoms with Gasteiger partial charge in [-0.3, -0.25) is 4.68 Å². The van der Waals surface area contributed by atoms with Gasteiger partial charge in [-0.15, -0.1) is 0 Å². The zero-order valence-corrected chi connectivity index (χ0v) is 8.16. The molecule has 74 valence electrons. The highest BCUT2D eigenvalue weighted by Crippen LogP contribution is 2.23. The Bertz CT molecular complexity index is 276. The molecule has 0 saturated carbocycles. The van der Waals surface area contributed by atoms with Crippen LogP contribution >= 0.6 is 0 Å². The molecular formula is C8H15FN4. The molecule has 2 N–H and O–H groups in total. The summed E-state index contributed by atoms with van der Waals surface area (Å²) in [7, 11) is 1.67. The maximum absolute atomic E-state index is 13.5. The van der Waals surface area contributed by atoms with Crippen LogP contribution in [0.25, 0.3) is 0 Å². The SMILES string of the molecule is Cn1ncnc1C(F)CC(C)(C)N. The summed E-state index contributed by atoms with van der Waals surface area (Å²) < 4.78 is 14.9. The third kappa shape index (κ3) is 2.77. The first kappa shape index (κ1) is 10.1. The Morgan fingerprint density at radius 3 is 2.69 bits per heavy atom. The minimum atomic E-state index is -1.15. The third-order valence-corrected chi connectivity index (χ3v) is 1.73. The summed E-state index contributed by atoms with van der Waals surface area (Å²) in [5, 5.41) is 3.79. The van der Waals surface area contributed by atoms with E-state index < -0.39 is 11.7 Å². The molecule has 0 aromatic carbocycles. The van der Waals surface area contributed by atoms with E-state index in [4.69, 9.17) is 5.73 Å². The van der Waals surface area contributed by atoms with Crippen molar-refractivity contribution in [3.05, 3.63) is 12.2 Å². The van der Waals surface area contributed by atoms with Gasteiger partial charge in [0.15, 0.2) is 12.0 Å². The number of nitrogens with two attached hydrogens (primary N) is 1. The first-order chi connectivity index (χ1) is 5.90. The fraction of sp³-hybridized carbons (Fsp3) is 0.750. The molecule has 5 heteroatoms. The maximum atomic E-state index is 13.5. The number of hydrogen-bond donors (Lipinski definition) is 1. The van der Waals surface area contributed by atoms with Crippen molar-refractivity contribution in [3.63, 3.8) is 0 Å². The number of aryl methyl sites for hydroxylation is 1. The van der Waals surface area contributed by atoms with Gasteiger partial charge in [-0.1, -0.05) is 0 Å². The van der Waals surface area contributed by atoms with Gasteiger partial charge in [0.25, 0.3) is 0 Å². The summed E-state index contributed by atoms with van der Waals surface area (Å²) in [5.74, 6) is 0.332. The van der Waals surface area contributed by atoms with Gasteiger partial charge in [0.05, 0.1) is 0 Å². The number of aromatic nitrogens is 3. The molecule has 1 heterocycles. The Balaban J connectivity index is 2.69. The van der Waals surface area contributed by atoms with Crippen LogP contribution in [0.2, 0.25) is 0 Å². The Hall–Kier alpha value is -0.970. The molecule has 0 aliphatic rings. The first-order valence-electron chi connectivity index (χ1n) is 4.17. The predicted octanol–water partition coefficient (Wildman–Crippen LogP) is 0.953. The highest BCUT2D eigenvalue weighted by atomic mass is 19.1. The molecule has 0 radical (unpaired) electrons. The van der Waals surface area contributed by atoms with Crippen LogP contribution in [-0.2, 0) is 7.05 Å². The van der Waals surface area contributed by atoms with Crippen molar-refractivity contribution < 1.29 is 4.39 Å². The van der Waals surface area contributed by atoms with Gasteiger partial charge in [-0.05, 0) is 13.8 Å². The van der Waals surface area contributed by atoms with Crippen LogP contribution in [0.1, 0.15) is 32.3 Å². The van der Waals surface area contributed by atoms with Crippen molar-refractivity contribution in [1.29, 1.82) is 0 Å². The van der Waals surface area contributed by atoms with Gasteiger partial charge in [0, 0.05) is 19.0 Å². The maximum Gasteiger partial charge on any atom is 0.161 e. The summed E-state index contributed by atoms with van der Waals surface area (Å²) in [6.45, 7) is 3.58. The van der Waals surface area contributed by atoms with Gasteiger partial charge in [-0.2, -0.15) is 5.10 Å². The molecule has 1 unspecified atom stereocenters. The zero-order chi connectivity index (χ0) is 10.1. The third-order valence-electron chi connectivity index (χ3n) is 1.73. The van der Waals surface area contributed by atoms with Crippen LogP contribution < -0.4 is 5.73 Å². The monoisotopic (exact) mass is 186 g/mol. The van der Waals surface area contributed by atoms with E-state index in [1.165, 1.54) is 11.0 Å². The summed E-state index contributed by atoms with van der Waals surface area (Å²) in [6.07, 6.45) is 0.442. The van der Waals surface area contributed by atoms with E-state index in [1.807, 2.05) is 0 Å². The molecule has 13 heavy (non-hydrogen) atoms. The van der Waals surface area contributed by atoms with Crippen LogP contribution in [-0.4, -0.2) is 20.3 Å². The Morgan fingerprint density at radius 1 is 1.69 bits per heavy atom. The topological polar surface area (TPSA) is 56.7 Å². The average molecular weight is 186 g/mol. The van der Waals surface area contributed by atoms with E-state index in [1.54, 1.807) is 20.9 Å². The van der Waals surface area contributed by atoms with Crippen molar-refractivity contribution in [3.8, 4) is 0 Å². The van der Waals surface area contributed by atoms with Gasteiger partial charge in [-0.25, -0.2) is 9.37 Å². The fourth-order valence-electron chi connectivity index (χ4n) is 1.14. The molecule has 0 aliphatic heterocycles. The molecule has 4 nitrogen and oxygen atoms in total. The number of nitrogens with zero attached hydrogens (tertiary/aromatic N) is 3. The first-order valence-corrected chi connectivity index (χ1v) is 4.17. The largest absolute Gasteiger partial charge is 0.325 e. The molecular weight excluding hydrogens is 171 g/mol. The highest BCUT2D eigenvalue weighted by Gasteiger charge is 2.23. The van der Waals surface area contributed by atoms with Crippen LogP contribution in [0, 0.1) is 0 Å². The second-order valence-electron chi connectivity index (χ2n) is 3.90. The van der Waals surface area contributed by atoms with Crippen molar-refractivity contribution in [2.45, 2.75) is 32.0 Å². The predicted molar refractivity (Wildman–Crippen MR) is 47.7 cm³/mol. The van der Waals surface area contributed by atoms with Crippen LogP contribution in [0.4, 0.5) is 4.39 Å². The molecule has 1 atom stereocenters. The molecule has 1 rings (SSSR count). The van der Waals surface area contributed by atoms with Crippen LogP contribution in [0.3, 0.4) is 0 Å². The molecule has 1 aromatic rings. The highest BCUT2D eigenvalue weighted by molar-refractivity contribution is 4.93. The van der Waals surface area contributed by atoms with E-state index in [2.05, 4.69) is 10.1 Å². The Kier molecular flexibility index (Phi) is 2.66. The van der Waals surface area contributed by atoms with Gasteiger partial charge in [0.1, 0.15) is 6.33 Å². The zero-order valence-electron chi connectivity index (χ0n) is 8.16. The fourth-order valence-corrected chi connectivity index (χ4v) is 1.14. The molecule has 0 aliphatic carbocycles. The number of hydrogen-bond acceptors (Lipinski definition) is 3.